The molecule has 0 saturated heterocycles. The first-order valence-corrected chi connectivity index (χ1v) is 11.3. The number of carbonyl (C=O) groups excluding carboxylic acids is 1. The van der Waals surface area contributed by atoms with E-state index in [0.717, 1.165) is 0 Å². The Bertz CT molecular complexity index is 1310. The first kappa shape index (κ1) is 23.2. The monoisotopic (exact) mass is 456 g/mol. The average molecular weight is 457 g/mol. The van der Waals surface area contributed by atoms with Crippen molar-refractivity contribution in [3.63, 3.8) is 0 Å². The number of hydrogen-bond donors (Lipinski definition) is 1. The van der Waals surface area contributed by atoms with Gasteiger partial charge in [0.2, 0.25) is 0 Å². The third-order valence-electron chi connectivity index (χ3n) is 5.70. The number of carbonyl (C=O) groups is 1. The molecule has 7 heteroatoms. The Morgan fingerprint density at radius 2 is 1.65 bits per heavy atom. The number of nitrogens with zero attached hydrogens (tertiary/aromatic N) is 3. The van der Waals surface area contributed by atoms with Crippen LogP contribution in [0.5, 0.6) is 0 Å². The van der Waals surface area contributed by atoms with Gasteiger partial charge in [-0.05, 0) is 42.8 Å². The summed E-state index contributed by atoms with van der Waals surface area (Å²) >= 11 is 0. The summed E-state index contributed by atoms with van der Waals surface area (Å²) in [5.41, 5.74) is 1.83. The first-order valence-electron chi connectivity index (χ1n) is 11.3. The van der Waals surface area contributed by atoms with Crippen molar-refractivity contribution in [1.29, 1.82) is 0 Å². The zero-order chi connectivity index (χ0) is 23.9. The molecule has 1 N–H and O–H groups in total. The number of rotatable bonds is 8. The number of anilines is 1. The number of nitrogens with one attached hydrogen (secondary N) is 1. The Labute approximate surface area is 198 Å². The van der Waals surface area contributed by atoms with Crippen LogP contribution in [-0.2, 0) is 4.74 Å². The first-order chi connectivity index (χ1) is 16.6. The number of hydrogen-bond acceptors (Lipinski definition) is 4. The van der Waals surface area contributed by atoms with Gasteiger partial charge in [-0.2, -0.15) is 0 Å². The smallest absolute Gasteiger partial charge is 0.322 e. The topological polar surface area (TPSA) is 76.5 Å². The molecule has 0 spiro atoms. The maximum atomic E-state index is 13.6. The largest absolute Gasteiger partial charge is 0.383 e. The molecule has 7 nitrogen and oxygen atoms in total. The molecule has 4 rings (SSSR count). The van der Waals surface area contributed by atoms with Gasteiger partial charge in [-0.25, -0.2) is 9.78 Å². The fourth-order valence-corrected chi connectivity index (χ4v) is 4.05. The molecule has 0 aliphatic rings. The summed E-state index contributed by atoms with van der Waals surface area (Å²) in [5.74, 6) is 0.511. The highest BCUT2D eigenvalue weighted by Gasteiger charge is 2.29. The van der Waals surface area contributed by atoms with Gasteiger partial charge in [0.25, 0.3) is 5.56 Å². The predicted octanol–water partition coefficient (Wildman–Crippen LogP) is 5.02. The number of fused-ring (bicyclic) bond motifs is 1. The normalized spacial score (nSPS) is 11.8. The second-order valence-corrected chi connectivity index (χ2v) is 7.87. The molecular formula is C27H28N4O3. The molecule has 1 unspecified atom stereocenters. The second kappa shape index (κ2) is 10.8. The Hall–Kier alpha value is -3.97. The van der Waals surface area contributed by atoms with E-state index < -0.39 is 6.04 Å². The molecule has 3 aromatic carbocycles. The van der Waals surface area contributed by atoms with Gasteiger partial charge in [0.15, 0.2) is 0 Å². The van der Waals surface area contributed by atoms with E-state index in [9.17, 15) is 9.59 Å². The summed E-state index contributed by atoms with van der Waals surface area (Å²) in [7, 11) is 1.60. The average Bonchev–Trinajstić information content (AvgIpc) is 2.87. The summed E-state index contributed by atoms with van der Waals surface area (Å²) in [4.78, 5) is 33.7. The van der Waals surface area contributed by atoms with Crippen LogP contribution in [0.1, 0.15) is 25.2 Å². The van der Waals surface area contributed by atoms with Crippen LogP contribution < -0.4 is 10.9 Å². The summed E-state index contributed by atoms with van der Waals surface area (Å²) in [6.07, 6.45) is 0.559. The number of urea groups is 1. The van der Waals surface area contributed by atoms with Crippen LogP contribution in [0.25, 0.3) is 16.6 Å². The summed E-state index contributed by atoms with van der Waals surface area (Å²) in [5, 5.41) is 3.49. The van der Waals surface area contributed by atoms with Crippen molar-refractivity contribution in [3.8, 4) is 5.69 Å². The molecule has 174 valence electrons. The molecule has 1 atom stereocenters. The van der Waals surface area contributed by atoms with E-state index in [-0.39, 0.29) is 11.6 Å². The van der Waals surface area contributed by atoms with Crippen LogP contribution in [0, 0.1) is 0 Å². The molecular weight excluding hydrogens is 428 g/mol. The number of benzene rings is 3. The van der Waals surface area contributed by atoms with Gasteiger partial charge in [-0.15, -0.1) is 0 Å². The summed E-state index contributed by atoms with van der Waals surface area (Å²) in [6, 6.07) is 25.3. The van der Waals surface area contributed by atoms with Crippen molar-refractivity contribution in [2.75, 3.05) is 25.6 Å². The highest BCUT2D eigenvalue weighted by atomic mass is 16.5. The van der Waals surface area contributed by atoms with E-state index in [1.165, 1.54) is 0 Å². The molecule has 34 heavy (non-hydrogen) atoms. The van der Waals surface area contributed by atoms with Crippen molar-refractivity contribution in [2.24, 2.45) is 0 Å². The molecule has 1 heterocycles. The molecule has 0 aliphatic heterocycles. The van der Waals surface area contributed by atoms with Gasteiger partial charge in [0.1, 0.15) is 5.82 Å². The molecule has 0 radical (unpaired) electrons. The van der Waals surface area contributed by atoms with Crippen molar-refractivity contribution in [2.45, 2.75) is 19.4 Å². The van der Waals surface area contributed by atoms with E-state index in [1.807, 2.05) is 85.8 Å². The number of methoxy groups -OCH3 is 1. The van der Waals surface area contributed by atoms with Crippen LogP contribution in [-0.4, -0.2) is 40.7 Å². The minimum atomic E-state index is -0.462. The fourth-order valence-electron chi connectivity index (χ4n) is 4.05. The number of para-hydroxylation sites is 3. The SMILES string of the molecule is CCC(c1nc2ccccc2c(=O)n1-c1ccccc1)N(CCOC)C(=O)Nc1ccccc1. The van der Waals surface area contributed by atoms with E-state index in [0.29, 0.717) is 47.7 Å². The molecule has 0 aliphatic carbocycles. The summed E-state index contributed by atoms with van der Waals surface area (Å²) < 4.78 is 6.92. The highest BCUT2D eigenvalue weighted by molar-refractivity contribution is 5.89. The standard InChI is InChI=1S/C27H28N4O3/c1-3-24(30(18-19-34-2)27(33)28-20-12-6-4-7-13-20)25-29-23-17-11-10-16-22(23)26(32)31(25)21-14-8-5-9-15-21/h4-17,24H,3,18-19H2,1-2H3,(H,28,33). The van der Waals surface area contributed by atoms with E-state index in [1.54, 1.807) is 22.6 Å². The van der Waals surface area contributed by atoms with E-state index >= 15 is 0 Å². The van der Waals surface area contributed by atoms with Gasteiger partial charge in [-0.1, -0.05) is 55.5 Å². The van der Waals surface area contributed by atoms with Gasteiger partial charge < -0.3 is 15.0 Å². The van der Waals surface area contributed by atoms with Crippen LogP contribution >= 0.6 is 0 Å². The van der Waals surface area contributed by atoms with Crippen LogP contribution in [0.4, 0.5) is 10.5 Å². The zero-order valence-corrected chi connectivity index (χ0v) is 19.3. The van der Waals surface area contributed by atoms with Crippen LogP contribution in [0.15, 0.2) is 89.7 Å². The highest BCUT2D eigenvalue weighted by Crippen LogP contribution is 2.26. The van der Waals surface area contributed by atoms with Gasteiger partial charge in [-0.3, -0.25) is 9.36 Å². The van der Waals surface area contributed by atoms with E-state index in [4.69, 9.17) is 9.72 Å². The molecule has 1 aromatic heterocycles. The van der Waals surface area contributed by atoms with Crippen molar-refractivity contribution in [3.05, 3.63) is 101 Å². The van der Waals surface area contributed by atoms with E-state index in [2.05, 4.69) is 5.32 Å². The molecule has 0 saturated carbocycles. The van der Waals surface area contributed by atoms with Crippen molar-refractivity contribution < 1.29 is 9.53 Å². The maximum absolute atomic E-state index is 13.6. The van der Waals surface area contributed by atoms with Crippen LogP contribution in [0.2, 0.25) is 0 Å². The Morgan fingerprint density at radius 1 is 1.00 bits per heavy atom. The maximum Gasteiger partial charge on any atom is 0.322 e. The lowest BCUT2D eigenvalue weighted by atomic mass is 10.1. The van der Waals surface area contributed by atoms with Gasteiger partial charge >= 0.3 is 6.03 Å². The zero-order valence-electron chi connectivity index (χ0n) is 19.3. The lowest BCUT2D eigenvalue weighted by Crippen LogP contribution is -2.42. The quantitative estimate of drug-likeness (QED) is 0.404. The third kappa shape index (κ3) is 4.84. The fraction of sp³-hybridized carbons (Fsp3) is 0.222. The van der Waals surface area contributed by atoms with Crippen LogP contribution in [0.3, 0.4) is 0 Å². The Kier molecular flexibility index (Phi) is 7.34. The third-order valence-corrected chi connectivity index (χ3v) is 5.70. The number of amides is 2. The Morgan fingerprint density at radius 3 is 2.32 bits per heavy atom. The number of ether oxygens (including phenoxy) is 1. The van der Waals surface area contributed by atoms with Crippen molar-refractivity contribution >= 4 is 22.6 Å². The summed E-state index contributed by atoms with van der Waals surface area (Å²) in [6.45, 7) is 2.67. The minimum absolute atomic E-state index is 0.166. The lowest BCUT2D eigenvalue weighted by molar-refractivity contribution is 0.131. The predicted molar refractivity (Wildman–Crippen MR) is 134 cm³/mol. The number of aromatic nitrogens is 2. The minimum Gasteiger partial charge on any atom is -0.383 e. The second-order valence-electron chi connectivity index (χ2n) is 7.87. The molecule has 0 bridgehead atoms. The van der Waals surface area contributed by atoms with Gasteiger partial charge in [0.05, 0.1) is 29.2 Å². The van der Waals surface area contributed by atoms with Gasteiger partial charge in [0, 0.05) is 19.3 Å². The molecule has 2 amide bonds. The lowest BCUT2D eigenvalue weighted by Gasteiger charge is -2.32. The molecule has 4 aromatic rings. The van der Waals surface area contributed by atoms with Crippen molar-refractivity contribution in [1.82, 2.24) is 14.5 Å². The molecule has 0 fully saturated rings. The Balaban J connectivity index is 1.86.